The average Bonchev–Trinajstić information content (AvgIpc) is 2.99. The number of nitrogens with zero attached hydrogens (tertiary/aromatic N) is 5. The Morgan fingerprint density at radius 1 is 1.23 bits per heavy atom. The molecule has 11 nitrogen and oxygen atoms in total. The first-order valence-corrected chi connectivity index (χ1v) is 7.90. The van der Waals surface area contributed by atoms with Crippen LogP contribution in [0.1, 0.15) is 5.56 Å². The van der Waals surface area contributed by atoms with Gasteiger partial charge in [-0.1, -0.05) is 11.3 Å². The molecule has 1 aliphatic heterocycles. The zero-order valence-electron chi connectivity index (χ0n) is 14.0. The van der Waals surface area contributed by atoms with Gasteiger partial charge in [0.1, 0.15) is 11.6 Å². The van der Waals surface area contributed by atoms with Crippen LogP contribution in [-0.2, 0) is 18.4 Å². The van der Waals surface area contributed by atoms with E-state index in [1.807, 2.05) is 12.1 Å². The van der Waals surface area contributed by atoms with E-state index < -0.39 is 24.1 Å². The maximum Gasteiger partial charge on any atom is 0.408 e. The van der Waals surface area contributed by atoms with Crippen molar-refractivity contribution in [1.82, 2.24) is 30.1 Å². The third-order valence-electron chi connectivity index (χ3n) is 4.34. The molecule has 0 saturated carbocycles. The van der Waals surface area contributed by atoms with Gasteiger partial charge in [-0.2, -0.15) is 0 Å². The van der Waals surface area contributed by atoms with Crippen molar-refractivity contribution in [1.29, 1.82) is 0 Å². The van der Waals surface area contributed by atoms with Gasteiger partial charge in [-0.25, -0.2) is 14.3 Å². The number of hydrogen-bond donors (Lipinski definition) is 3. The molecule has 3 rings (SSSR count). The summed E-state index contributed by atoms with van der Waals surface area (Å²) in [4.78, 5) is 36.9. The molecule has 11 heteroatoms. The van der Waals surface area contributed by atoms with Gasteiger partial charge in [0.15, 0.2) is 0 Å². The van der Waals surface area contributed by atoms with Crippen LogP contribution in [0, 0.1) is 0 Å². The highest BCUT2D eigenvalue weighted by Gasteiger charge is 2.36. The van der Waals surface area contributed by atoms with E-state index in [2.05, 4.69) is 15.6 Å². The molecule has 1 aliphatic rings. The third kappa shape index (κ3) is 3.36. The first kappa shape index (κ1) is 17.5. The summed E-state index contributed by atoms with van der Waals surface area (Å²) in [5.74, 6) is -0.544. The number of hydrogen-bond acceptors (Lipinski definition) is 5. The van der Waals surface area contributed by atoms with E-state index in [9.17, 15) is 19.5 Å². The van der Waals surface area contributed by atoms with Gasteiger partial charge in [0.25, 0.3) is 0 Å². The number of nitrogens with one attached hydrogen (secondary N) is 1. The molecule has 2 aromatic rings. The minimum Gasteiger partial charge on any atom is -0.465 e. The van der Waals surface area contributed by atoms with Gasteiger partial charge < -0.3 is 20.4 Å². The SMILES string of the molecule is Cn1nnc2cc(CNC(=O)[C@@H]3CN(C(=O)O)CCN3C(=O)O)ccc21. The van der Waals surface area contributed by atoms with Crippen LogP contribution in [0.25, 0.3) is 11.0 Å². The van der Waals surface area contributed by atoms with E-state index in [0.29, 0.717) is 5.52 Å². The smallest absolute Gasteiger partial charge is 0.408 e. The molecule has 26 heavy (non-hydrogen) atoms. The molecule has 0 unspecified atom stereocenters. The second-order valence-electron chi connectivity index (χ2n) is 5.97. The Balaban J connectivity index is 1.69. The molecule has 1 aromatic heterocycles. The number of fused-ring (bicyclic) bond motifs is 1. The highest BCUT2D eigenvalue weighted by molar-refractivity contribution is 5.86. The van der Waals surface area contributed by atoms with Gasteiger partial charge >= 0.3 is 12.2 Å². The number of carbonyl (C=O) groups excluding carboxylic acids is 1. The van der Waals surface area contributed by atoms with Crippen molar-refractivity contribution in [2.24, 2.45) is 7.05 Å². The quantitative estimate of drug-likeness (QED) is 0.694. The second kappa shape index (κ2) is 6.86. The molecule has 2 heterocycles. The van der Waals surface area contributed by atoms with Crippen molar-refractivity contribution in [3.05, 3.63) is 23.8 Å². The van der Waals surface area contributed by atoms with Crippen molar-refractivity contribution in [3.63, 3.8) is 0 Å². The molecule has 1 atom stereocenters. The normalized spacial score (nSPS) is 17.3. The lowest BCUT2D eigenvalue weighted by Crippen LogP contribution is -2.61. The molecule has 1 fully saturated rings. The summed E-state index contributed by atoms with van der Waals surface area (Å²) in [5, 5.41) is 28.9. The minimum absolute atomic E-state index is 0.0365. The Morgan fingerprint density at radius 2 is 2.00 bits per heavy atom. The fourth-order valence-corrected chi connectivity index (χ4v) is 2.91. The molecule has 1 aromatic carbocycles. The molecule has 0 radical (unpaired) electrons. The summed E-state index contributed by atoms with van der Waals surface area (Å²) >= 11 is 0. The van der Waals surface area contributed by atoms with Crippen molar-refractivity contribution in [3.8, 4) is 0 Å². The number of aryl methyl sites for hydroxylation is 1. The molecular formula is C15H18N6O5. The predicted molar refractivity (Wildman–Crippen MR) is 88.5 cm³/mol. The first-order chi connectivity index (χ1) is 12.4. The molecule has 0 aliphatic carbocycles. The summed E-state index contributed by atoms with van der Waals surface area (Å²) in [6.07, 6.45) is -2.43. The highest BCUT2D eigenvalue weighted by Crippen LogP contribution is 2.14. The lowest BCUT2D eigenvalue weighted by atomic mass is 10.1. The minimum atomic E-state index is -1.25. The lowest BCUT2D eigenvalue weighted by molar-refractivity contribution is -0.127. The predicted octanol–water partition coefficient (Wildman–Crippen LogP) is -0.0733. The van der Waals surface area contributed by atoms with Crippen molar-refractivity contribution in [2.75, 3.05) is 19.6 Å². The van der Waals surface area contributed by atoms with E-state index in [4.69, 9.17) is 5.11 Å². The Hall–Kier alpha value is -3.37. The first-order valence-electron chi connectivity index (χ1n) is 7.90. The molecular weight excluding hydrogens is 344 g/mol. The van der Waals surface area contributed by atoms with E-state index in [1.165, 1.54) is 0 Å². The number of rotatable bonds is 3. The van der Waals surface area contributed by atoms with E-state index in [-0.39, 0.29) is 26.2 Å². The summed E-state index contributed by atoms with van der Waals surface area (Å²) in [5.41, 5.74) is 2.31. The molecule has 0 bridgehead atoms. The van der Waals surface area contributed by atoms with Crippen LogP contribution in [0.3, 0.4) is 0 Å². The largest absolute Gasteiger partial charge is 0.465 e. The molecule has 0 spiro atoms. The zero-order chi connectivity index (χ0) is 18.8. The van der Waals surface area contributed by atoms with Crippen LogP contribution in [0.15, 0.2) is 18.2 Å². The standard InChI is InChI=1S/C15H18N6O5/c1-19-11-3-2-9(6-10(11)17-18-19)7-16-13(22)12-8-20(14(23)24)4-5-21(12)15(25)26/h2-3,6,12H,4-5,7-8H2,1H3,(H,16,22)(H,23,24)(H,25,26)/t12-/m0/s1. The molecule has 3 N–H and O–H groups in total. The number of aromatic nitrogens is 3. The zero-order valence-corrected chi connectivity index (χ0v) is 14.0. The van der Waals surface area contributed by atoms with Gasteiger partial charge in [0.05, 0.1) is 12.1 Å². The number of carbonyl (C=O) groups is 3. The molecule has 1 saturated heterocycles. The summed E-state index contributed by atoms with van der Waals surface area (Å²) < 4.78 is 1.63. The van der Waals surface area contributed by atoms with E-state index >= 15 is 0 Å². The number of amides is 3. The van der Waals surface area contributed by atoms with Crippen LogP contribution in [0.4, 0.5) is 9.59 Å². The number of piperazine rings is 1. The fourth-order valence-electron chi connectivity index (χ4n) is 2.91. The lowest BCUT2D eigenvalue weighted by Gasteiger charge is -2.37. The third-order valence-corrected chi connectivity index (χ3v) is 4.34. The van der Waals surface area contributed by atoms with Gasteiger partial charge in [-0.05, 0) is 17.7 Å². The van der Waals surface area contributed by atoms with Crippen LogP contribution in [-0.4, -0.2) is 78.8 Å². The van der Waals surface area contributed by atoms with Gasteiger partial charge in [0, 0.05) is 26.7 Å². The van der Waals surface area contributed by atoms with E-state index in [0.717, 1.165) is 20.9 Å². The highest BCUT2D eigenvalue weighted by atomic mass is 16.4. The summed E-state index contributed by atoms with van der Waals surface area (Å²) in [7, 11) is 1.77. The van der Waals surface area contributed by atoms with Gasteiger partial charge in [-0.3, -0.25) is 9.69 Å². The van der Waals surface area contributed by atoms with Gasteiger partial charge in [0.2, 0.25) is 5.91 Å². The van der Waals surface area contributed by atoms with E-state index in [1.54, 1.807) is 17.8 Å². The van der Waals surface area contributed by atoms with Gasteiger partial charge in [-0.15, -0.1) is 5.10 Å². The maximum atomic E-state index is 12.5. The van der Waals surface area contributed by atoms with Crippen molar-refractivity contribution >= 4 is 29.1 Å². The van der Waals surface area contributed by atoms with Crippen molar-refractivity contribution in [2.45, 2.75) is 12.6 Å². The van der Waals surface area contributed by atoms with Crippen molar-refractivity contribution < 1.29 is 24.6 Å². The van der Waals surface area contributed by atoms with Crippen LogP contribution in [0.2, 0.25) is 0 Å². The average molecular weight is 362 g/mol. The fraction of sp³-hybridized carbons (Fsp3) is 0.400. The number of carboxylic acid groups (broad SMARTS) is 2. The molecule has 3 amide bonds. The summed E-state index contributed by atoms with van der Waals surface area (Å²) in [6.45, 7) is -0.0426. The Morgan fingerprint density at radius 3 is 2.69 bits per heavy atom. The van der Waals surface area contributed by atoms with Crippen LogP contribution in [0.5, 0.6) is 0 Å². The number of benzene rings is 1. The second-order valence-corrected chi connectivity index (χ2v) is 5.97. The topological polar surface area (TPSA) is 141 Å². The van der Waals surface area contributed by atoms with Crippen LogP contribution < -0.4 is 5.32 Å². The Bertz CT molecular complexity index is 865. The summed E-state index contributed by atoms with van der Waals surface area (Å²) in [6, 6.07) is 4.33. The Kier molecular flexibility index (Phi) is 4.61. The monoisotopic (exact) mass is 362 g/mol. The van der Waals surface area contributed by atoms with Crippen LogP contribution >= 0.6 is 0 Å². The Labute approximate surface area is 147 Å². The maximum absolute atomic E-state index is 12.5. The molecule has 138 valence electrons.